The predicted octanol–water partition coefficient (Wildman–Crippen LogP) is 3.96. The number of hydrogen-bond acceptors (Lipinski definition) is 4. The third-order valence-electron chi connectivity index (χ3n) is 3.64. The van der Waals surface area contributed by atoms with Gasteiger partial charge in [0.2, 0.25) is 5.91 Å². The highest BCUT2D eigenvalue weighted by Crippen LogP contribution is 2.33. The molecule has 0 radical (unpaired) electrons. The standard InChI is InChI=1S/C15H17BrN4OS/c1-5-11-10(4)22-15(12(11)6-17)19-14(21)9(3)20-8(2)13(16)7-18-20/h7,9H,5H2,1-4H3,(H,19,21). The number of rotatable bonds is 4. The molecule has 0 aliphatic rings. The lowest BCUT2D eigenvalue weighted by Crippen LogP contribution is -2.25. The molecular formula is C15H17BrN4OS. The first kappa shape index (κ1) is 16.7. The highest BCUT2D eigenvalue weighted by molar-refractivity contribution is 9.10. The number of carbonyl (C=O) groups is 1. The Morgan fingerprint density at radius 1 is 1.59 bits per heavy atom. The molecule has 5 nitrogen and oxygen atoms in total. The van der Waals surface area contributed by atoms with Crippen molar-refractivity contribution in [1.29, 1.82) is 5.26 Å². The van der Waals surface area contributed by atoms with Gasteiger partial charge in [-0.1, -0.05) is 6.92 Å². The molecule has 0 saturated heterocycles. The van der Waals surface area contributed by atoms with Gasteiger partial charge < -0.3 is 5.32 Å². The number of thiophene rings is 1. The average Bonchev–Trinajstić information content (AvgIpc) is 2.98. The minimum absolute atomic E-state index is 0.181. The van der Waals surface area contributed by atoms with Crippen LogP contribution in [0.1, 0.15) is 41.6 Å². The van der Waals surface area contributed by atoms with Gasteiger partial charge in [-0.2, -0.15) is 10.4 Å². The van der Waals surface area contributed by atoms with Crippen molar-refractivity contribution in [3.8, 4) is 6.07 Å². The lowest BCUT2D eigenvalue weighted by atomic mass is 10.1. The van der Waals surface area contributed by atoms with Crippen molar-refractivity contribution in [2.75, 3.05) is 5.32 Å². The summed E-state index contributed by atoms with van der Waals surface area (Å²) in [7, 11) is 0. The molecule has 0 spiro atoms. The molecule has 1 amide bonds. The zero-order chi connectivity index (χ0) is 16.4. The molecule has 0 aliphatic heterocycles. The quantitative estimate of drug-likeness (QED) is 0.872. The maximum absolute atomic E-state index is 12.5. The highest BCUT2D eigenvalue weighted by atomic mass is 79.9. The summed E-state index contributed by atoms with van der Waals surface area (Å²) in [6.45, 7) is 7.66. The summed E-state index contributed by atoms with van der Waals surface area (Å²) in [5.41, 5.74) is 2.47. The lowest BCUT2D eigenvalue weighted by molar-refractivity contribution is -0.119. The molecule has 1 N–H and O–H groups in total. The van der Waals surface area contributed by atoms with Gasteiger partial charge >= 0.3 is 0 Å². The first-order valence-electron chi connectivity index (χ1n) is 6.93. The number of hydrogen-bond donors (Lipinski definition) is 1. The molecule has 7 heteroatoms. The van der Waals surface area contributed by atoms with Crippen LogP contribution >= 0.6 is 27.3 Å². The molecule has 0 saturated carbocycles. The van der Waals surface area contributed by atoms with E-state index in [-0.39, 0.29) is 5.91 Å². The average molecular weight is 381 g/mol. The molecule has 1 unspecified atom stereocenters. The fraction of sp³-hybridized carbons (Fsp3) is 0.400. The van der Waals surface area contributed by atoms with Gasteiger partial charge in [0, 0.05) is 4.88 Å². The minimum Gasteiger partial charge on any atom is -0.315 e. The summed E-state index contributed by atoms with van der Waals surface area (Å²) in [6, 6.07) is 1.75. The van der Waals surface area contributed by atoms with E-state index < -0.39 is 6.04 Å². The van der Waals surface area contributed by atoms with Gasteiger partial charge in [-0.3, -0.25) is 9.48 Å². The van der Waals surface area contributed by atoms with Gasteiger partial charge in [0.1, 0.15) is 17.1 Å². The molecule has 2 aromatic heterocycles. The fourth-order valence-corrected chi connectivity index (χ4v) is 3.70. The van der Waals surface area contributed by atoms with Gasteiger partial charge in [-0.15, -0.1) is 11.3 Å². The number of halogens is 1. The third kappa shape index (κ3) is 2.94. The van der Waals surface area contributed by atoms with E-state index in [4.69, 9.17) is 0 Å². The zero-order valence-electron chi connectivity index (χ0n) is 12.9. The van der Waals surface area contributed by atoms with E-state index in [9.17, 15) is 10.1 Å². The predicted molar refractivity (Wildman–Crippen MR) is 91.2 cm³/mol. The van der Waals surface area contributed by atoms with Crippen LogP contribution in [0, 0.1) is 25.2 Å². The molecule has 0 aliphatic carbocycles. The molecule has 0 bridgehead atoms. The molecular weight excluding hydrogens is 364 g/mol. The SMILES string of the molecule is CCc1c(C)sc(NC(=O)C(C)n2ncc(Br)c2C)c1C#N. The molecule has 2 aromatic rings. The van der Waals surface area contributed by atoms with Crippen molar-refractivity contribution >= 4 is 38.2 Å². The van der Waals surface area contributed by atoms with Crippen LogP contribution in [0.3, 0.4) is 0 Å². The van der Waals surface area contributed by atoms with Crippen molar-refractivity contribution in [3.63, 3.8) is 0 Å². The van der Waals surface area contributed by atoms with Crippen LogP contribution in [0.2, 0.25) is 0 Å². The first-order chi connectivity index (χ1) is 10.4. The van der Waals surface area contributed by atoms with Crippen LogP contribution in [0.4, 0.5) is 5.00 Å². The first-order valence-corrected chi connectivity index (χ1v) is 8.54. The van der Waals surface area contributed by atoms with E-state index >= 15 is 0 Å². The lowest BCUT2D eigenvalue weighted by Gasteiger charge is -2.14. The monoisotopic (exact) mass is 380 g/mol. The smallest absolute Gasteiger partial charge is 0.249 e. The number of aromatic nitrogens is 2. The second-order valence-electron chi connectivity index (χ2n) is 4.99. The Balaban J connectivity index is 2.26. The van der Waals surface area contributed by atoms with Gasteiger partial charge in [-0.25, -0.2) is 0 Å². The summed E-state index contributed by atoms with van der Waals surface area (Å²) in [4.78, 5) is 13.5. The molecule has 2 heterocycles. The maximum Gasteiger partial charge on any atom is 0.249 e. The summed E-state index contributed by atoms with van der Waals surface area (Å²) in [6.07, 6.45) is 2.45. The Bertz CT molecular complexity index is 756. The van der Waals surface area contributed by atoms with E-state index in [0.717, 1.165) is 27.0 Å². The minimum atomic E-state index is -0.453. The normalized spacial score (nSPS) is 12.0. The summed E-state index contributed by atoms with van der Waals surface area (Å²) in [5.74, 6) is -0.181. The van der Waals surface area contributed by atoms with E-state index in [1.165, 1.54) is 11.3 Å². The second-order valence-corrected chi connectivity index (χ2v) is 7.07. The molecule has 2 rings (SSSR count). The Hall–Kier alpha value is -1.65. The van der Waals surface area contributed by atoms with Crippen LogP contribution in [0.25, 0.3) is 0 Å². The van der Waals surface area contributed by atoms with Crippen LogP contribution < -0.4 is 5.32 Å². The Morgan fingerprint density at radius 3 is 2.77 bits per heavy atom. The van der Waals surface area contributed by atoms with Crippen molar-refractivity contribution in [2.45, 2.75) is 40.2 Å². The van der Waals surface area contributed by atoms with E-state index in [0.29, 0.717) is 10.6 Å². The van der Waals surface area contributed by atoms with Crippen LogP contribution in [0.15, 0.2) is 10.7 Å². The molecule has 1 atom stereocenters. The number of anilines is 1. The summed E-state index contributed by atoms with van der Waals surface area (Å²) >= 11 is 4.84. The highest BCUT2D eigenvalue weighted by Gasteiger charge is 2.22. The number of nitrogens with zero attached hydrogens (tertiary/aromatic N) is 3. The van der Waals surface area contributed by atoms with E-state index in [1.807, 2.05) is 20.8 Å². The zero-order valence-corrected chi connectivity index (χ0v) is 15.3. The molecule has 116 valence electrons. The number of nitrogens with one attached hydrogen (secondary N) is 1. The van der Waals surface area contributed by atoms with E-state index in [1.54, 1.807) is 17.8 Å². The fourth-order valence-electron chi connectivity index (χ4n) is 2.33. The van der Waals surface area contributed by atoms with Gasteiger partial charge in [0.05, 0.1) is 21.9 Å². The summed E-state index contributed by atoms with van der Waals surface area (Å²) < 4.78 is 2.53. The van der Waals surface area contributed by atoms with Gasteiger partial charge in [0.15, 0.2) is 0 Å². The Kier molecular flexibility index (Phi) is 5.04. The maximum atomic E-state index is 12.5. The number of aryl methyl sites for hydroxylation is 1. The van der Waals surface area contributed by atoms with Gasteiger partial charge in [-0.05, 0) is 48.7 Å². The van der Waals surface area contributed by atoms with Gasteiger partial charge in [0.25, 0.3) is 0 Å². The number of nitriles is 1. The van der Waals surface area contributed by atoms with Crippen LogP contribution in [-0.2, 0) is 11.2 Å². The topological polar surface area (TPSA) is 70.7 Å². The Morgan fingerprint density at radius 2 is 2.27 bits per heavy atom. The van der Waals surface area contributed by atoms with Crippen LogP contribution in [-0.4, -0.2) is 15.7 Å². The second kappa shape index (κ2) is 6.63. The van der Waals surface area contributed by atoms with Crippen molar-refractivity contribution in [1.82, 2.24) is 9.78 Å². The molecule has 0 aromatic carbocycles. The van der Waals surface area contributed by atoms with Crippen molar-refractivity contribution in [3.05, 3.63) is 32.4 Å². The number of amides is 1. The largest absolute Gasteiger partial charge is 0.315 e. The number of carbonyl (C=O) groups excluding carboxylic acids is 1. The summed E-state index contributed by atoms with van der Waals surface area (Å²) in [5, 5.41) is 17.0. The van der Waals surface area contributed by atoms with Crippen molar-refractivity contribution < 1.29 is 4.79 Å². The molecule has 0 fully saturated rings. The molecule has 22 heavy (non-hydrogen) atoms. The third-order valence-corrected chi connectivity index (χ3v) is 5.48. The van der Waals surface area contributed by atoms with Crippen molar-refractivity contribution in [2.24, 2.45) is 0 Å². The Labute approximate surface area is 142 Å². The van der Waals surface area contributed by atoms with E-state index in [2.05, 4.69) is 32.4 Å². The van der Waals surface area contributed by atoms with Crippen LogP contribution in [0.5, 0.6) is 0 Å².